The van der Waals surface area contributed by atoms with Crippen LogP contribution >= 0.6 is 0 Å². The minimum Gasteiger partial charge on any atom is -0.295 e. The molecule has 7 heteroatoms. The number of hydrogen-bond acceptors (Lipinski definition) is 5. The molecule has 0 bridgehead atoms. The summed E-state index contributed by atoms with van der Waals surface area (Å²) in [4.78, 5) is 19.7. The zero-order valence-corrected chi connectivity index (χ0v) is 10.3. The second-order valence-corrected chi connectivity index (χ2v) is 3.93. The Hall–Kier alpha value is -3.09. The molecule has 20 heavy (non-hydrogen) atoms. The molecule has 3 heterocycles. The molecule has 0 aliphatic carbocycles. The highest BCUT2D eigenvalue weighted by molar-refractivity contribution is 5.70. The highest BCUT2D eigenvalue weighted by Gasteiger charge is 2.11. The Morgan fingerprint density at radius 2 is 1.80 bits per heavy atom. The number of aromatic amines is 2. The average Bonchev–Trinajstić information content (AvgIpc) is 2.88. The van der Waals surface area contributed by atoms with E-state index in [-0.39, 0.29) is 11.2 Å². The second-order valence-electron chi connectivity index (χ2n) is 3.93. The Bertz CT molecular complexity index is 775. The van der Waals surface area contributed by atoms with Crippen molar-refractivity contribution >= 4 is 11.5 Å². The Morgan fingerprint density at radius 3 is 2.55 bits per heavy atom. The van der Waals surface area contributed by atoms with Crippen LogP contribution in [0.15, 0.2) is 63.9 Å². The maximum absolute atomic E-state index is 11.8. The van der Waals surface area contributed by atoms with E-state index in [0.29, 0.717) is 11.5 Å². The maximum Gasteiger partial charge on any atom is 0.292 e. The van der Waals surface area contributed by atoms with Gasteiger partial charge in [-0.2, -0.15) is 0 Å². The van der Waals surface area contributed by atoms with E-state index in [4.69, 9.17) is 0 Å². The molecule has 0 aromatic carbocycles. The molecule has 0 fully saturated rings. The highest BCUT2D eigenvalue weighted by atomic mass is 16.1. The fourth-order valence-corrected chi connectivity index (χ4v) is 1.69. The summed E-state index contributed by atoms with van der Waals surface area (Å²) in [5.74, 6) is 0.439. The summed E-state index contributed by atoms with van der Waals surface area (Å²) in [6.07, 6.45) is 4.89. The lowest BCUT2D eigenvalue weighted by molar-refractivity contribution is 1.06. The molecule has 0 atom stereocenters. The average molecular weight is 266 g/mol. The third-order valence-electron chi connectivity index (χ3n) is 2.62. The van der Waals surface area contributed by atoms with Gasteiger partial charge in [-0.25, -0.2) is 4.98 Å². The lowest BCUT2D eigenvalue weighted by Gasteiger charge is -1.96. The predicted octanol–water partition coefficient (Wildman–Crippen LogP) is 2.58. The molecule has 2 N–H and O–H groups in total. The molecular formula is C13H10N6O. The number of hydrogen-bond donors (Lipinski definition) is 2. The number of rotatable bonds is 3. The third kappa shape index (κ3) is 2.37. The highest BCUT2D eigenvalue weighted by Crippen LogP contribution is 2.25. The molecule has 0 unspecified atom stereocenters. The second kappa shape index (κ2) is 5.27. The number of azo groups is 1. The molecular weight excluding hydrogens is 256 g/mol. The summed E-state index contributed by atoms with van der Waals surface area (Å²) in [6.45, 7) is 0. The van der Waals surface area contributed by atoms with Gasteiger partial charge in [0.25, 0.3) is 5.56 Å². The van der Waals surface area contributed by atoms with Crippen molar-refractivity contribution in [3.63, 3.8) is 0 Å². The van der Waals surface area contributed by atoms with E-state index in [1.807, 2.05) is 0 Å². The van der Waals surface area contributed by atoms with Crippen LogP contribution in [-0.2, 0) is 0 Å². The molecule has 0 aliphatic rings. The van der Waals surface area contributed by atoms with Crippen LogP contribution in [0, 0.1) is 0 Å². The van der Waals surface area contributed by atoms with Crippen LogP contribution in [-0.4, -0.2) is 20.2 Å². The van der Waals surface area contributed by atoms with E-state index in [9.17, 15) is 4.79 Å². The number of nitrogens with zero attached hydrogens (tertiary/aromatic N) is 4. The molecule has 7 nitrogen and oxygen atoms in total. The minimum atomic E-state index is -0.337. The SMILES string of the molecule is O=c1[nH][nH]c(-c2ccncc2)c1N=Nc1ccccn1. The summed E-state index contributed by atoms with van der Waals surface area (Å²) >= 11 is 0. The van der Waals surface area contributed by atoms with E-state index in [1.165, 1.54) is 0 Å². The normalized spacial score (nSPS) is 11.0. The quantitative estimate of drug-likeness (QED) is 0.712. The molecule has 0 saturated carbocycles. The van der Waals surface area contributed by atoms with Gasteiger partial charge in [0.05, 0.1) is 5.69 Å². The summed E-state index contributed by atoms with van der Waals surface area (Å²) in [5.41, 5.74) is 1.24. The van der Waals surface area contributed by atoms with E-state index >= 15 is 0 Å². The van der Waals surface area contributed by atoms with E-state index in [2.05, 4.69) is 30.4 Å². The smallest absolute Gasteiger partial charge is 0.292 e. The summed E-state index contributed by atoms with van der Waals surface area (Å²) in [6, 6.07) is 8.84. The van der Waals surface area contributed by atoms with Crippen molar-refractivity contribution in [2.75, 3.05) is 0 Å². The van der Waals surface area contributed by atoms with Crippen molar-refractivity contribution in [3.8, 4) is 11.3 Å². The molecule has 3 aromatic heterocycles. The van der Waals surface area contributed by atoms with E-state index in [1.54, 1.807) is 48.9 Å². The fourth-order valence-electron chi connectivity index (χ4n) is 1.69. The summed E-state index contributed by atoms with van der Waals surface area (Å²) in [5, 5.41) is 13.2. The Kier molecular flexibility index (Phi) is 3.15. The molecule has 3 aromatic rings. The van der Waals surface area contributed by atoms with Crippen LogP contribution in [0.5, 0.6) is 0 Å². The minimum absolute atomic E-state index is 0.210. The van der Waals surface area contributed by atoms with Crippen molar-refractivity contribution in [2.24, 2.45) is 10.2 Å². The van der Waals surface area contributed by atoms with E-state index < -0.39 is 0 Å². The van der Waals surface area contributed by atoms with Crippen LogP contribution in [0.3, 0.4) is 0 Å². The number of H-pyrrole nitrogens is 2. The molecule has 0 saturated heterocycles. The van der Waals surface area contributed by atoms with Gasteiger partial charge in [0.2, 0.25) is 0 Å². The predicted molar refractivity (Wildman–Crippen MR) is 73.1 cm³/mol. The van der Waals surface area contributed by atoms with Gasteiger partial charge in [-0.3, -0.25) is 20.0 Å². The van der Waals surface area contributed by atoms with Gasteiger partial charge in [-0.05, 0) is 24.3 Å². The standard InChI is InChI=1S/C13H10N6O/c20-13-12(18-16-10-3-1-2-6-15-10)11(17-19-13)9-4-7-14-8-5-9/h1-8H,(H2,17,19,20). The third-order valence-corrected chi connectivity index (χ3v) is 2.62. The van der Waals surface area contributed by atoms with Crippen LogP contribution in [0.25, 0.3) is 11.3 Å². The number of nitrogens with one attached hydrogen (secondary N) is 2. The zero-order valence-electron chi connectivity index (χ0n) is 10.3. The van der Waals surface area contributed by atoms with Gasteiger partial charge < -0.3 is 0 Å². The molecule has 0 aliphatic heterocycles. The molecule has 0 radical (unpaired) electrons. The van der Waals surface area contributed by atoms with Gasteiger partial charge in [0.15, 0.2) is 11.5 Å². The Labute approximate surface area is 113 Å². The number of pyridine rings is 2. The van der Waals surface area contributed by atoms with E-state index in [0.717, 1.165) is 5.56 Å². The lowest BCUT2D eigenvalue weighted by Crippen LogP contribution is -1.96. The molecule has 0 amide bonds. The molecule has 98 valence electrons. The first-order chi connectivity index (χ1) is 9.84. The van der Waals surface area contributed by atoms with Crippen LogP contribution in [0.2, 0.25) is 0 Å². The van der Waals surface area contributed by atoms with Crippen LogP contribution in [0.1, 0.15) is 0 Å². The first-order valence-electron chi connectivity index (χ1n) is 5.88. The van der Waals surface area contributed by atoms with Gasteiger partial charge in [0, 0.05) is 24.2 Å². The largest absolute Gasteiger partial charge is 0.295 e. The van der Waals surface area contributed by atoms with Gasteiger partial charge >= 0.3 is 0 Å². The Balaban J connectivity index is 2.01. The summed E-state index contributed by atoms with van der Waals surface area (Å²) < 4.78 is 0. The first-order valence-corrected chi connectivity index (χ1v) is 5.88. The van der Waals surface area contributed by atoms with Crippen molar-refractivity contribution in [3.05, 3.63) is 59.3 Å². The van der Waals surface area contributed by atoms with Gasteiger partial charge in [-0.1, -0.05) is 6.07 Å². The fraction of sp³-hybridized carbons (Fsp3) is 0. The van der Waals surface area contributed by atoms with Crippen molar-refractivity contribution in [1.29, 1.82) is 0 Å². The van der Waals surface area contributed by atoms with Crippen molar-refractivity contribution < 1.29 is 0 Å². The van der Waals surface area contributed by atoms with Gasteiger partial charge in [-0.15, -0.1) is 10.2 Å². The van der Waals surface area contributed by atoms with Crippen LogP contribution in [0.4, 0.5) is 11.5 Å². The van der Waals surface area contributed by atoms with Gasteiger partial charge in [0.1, 0.15) is 0 Å². The van der Waals surface area contributed by atoms with Crippen LogP contribution < -0.4 is 5.56 Å². The van der Waals surface area contributed by atoms with Crippen molar-refractivity contribution in [1.82, 2.24) is 20.2 Å². The topological polar surface area (TPSA) is 99.2 Å². The number of aromatic nitrogens is 4. The summed E-state index contributed by atoms with van der Waals surface area (Å²) in [7, 11) is 0. The molecule has 0 spiro atoms. The maximum atomic E-state index is 11.8. The first kappa shape index (κ1) is 12.0. The van der Waals surface area contributed by atoms with Crippen molar-refractivity contribution in [2.45, 2.75) is 0 Å². The monoisotopic (exact) mass is 266 g/mol. The Morgan fingerprint density at radius 1 is 0.950 bits per heavy atom. The molecule has 3 rings (SSSR count). The zero-order chi connectivity index (χ0) is 13.8. The lowest BCUT2D eigenvalue weighted by atomic mass is 10.2.